The molecule has 0 radical (unpaired) electrons. The lowest BCUT2D eigenvalue weighted by Gasteiger charge is -2.36. The molecule has 0 saturated carbocycles. The van der Waals surface area contributed by atoms with Crippen LogP contribution in [-0.2, 0) is 19.1 Å². The van der Waals surface area contributed by atoms with Crippen molar-refractivity contribution >= 4 is 26.6 Å². The van der Waals surface area contributed by atoms with Crippen molar-refractivity contribution in [2.45, 2.75) is 37.6 Å². The number of ether oxygens (including phenoxy) is 2. The van der Waals surface area contributed by atoms with Crippen LogP contribution in [0.3, 0.4) is 0 Å². The second-order valence-electron chi connectivity index (χ2n) is 3.41. The van der Waals surface area contributed by atoms with E-state index in [2.05, 4.69) is 25.4 Å². The zero-order valence-electron chi connectivity index (χ0n) is 9.69. The van der Waals surface area contributed by atoms with Crippen molar-refractivity contribution in [1.29, 1.82) is 0 Å². The molecule has 1 rings (SSSR count). The van der Waals surface area contributed by atoms with Gasteiger partial charge in [-0.05, 0) is 15.9 Å². The molecule has 4 N–H and O–H groups in total. The molecular formula is C9H15BrO8. The number of aliphatic hydroxyl groups excluding tert-OH is 4. The summed E-state index contributed by atoms with van der Waals surface area (Å²) in [5.41, 5.74) is 0. The predicted molar refractivity (Wildman–Crippen MR) is 60.5 cm³/mol. The van der Waals surface area contributed by atoms with Gasteiger partial charge < -0.3 is 29.9 Å². The molecular weight excluding hydrogens is 316 g/mol. The van der Waals surface area contributed by atoms with Crippen LogP contribution in [0.1, 0.15) is 6.92 Å². The maximum absolute atomic E-state index is 11.0. The van der Waals surface area contributed by atoms with Crippen LogP contribution < -0.4 is 0 Å². The molecule has 1 aliphatic rings. The van der Waals surface area contributed by atoms with E-state index in [1.54, 1.807) is 0 Å². The molecule has 9 heteroatoms. The third-order valence-corrected chi connectivity index (χ3v) is 2.02. The highest BCUT2D eigenvalue weighted by Gasteiger charge is 2.46. The highest BCUT2D eigenvalue weighted by Crippen LogP contribution is 2.20. The number of hydrogen-bond acceptors (Lipinski definition) is 8. The molecule has 1 saturated heterocycles. The summed E-state index contributed by atoms with van der Waals surface area (Å²) in [6.45, 7) is 1.44. The molecule has 8 nitrogen and oxygen atoms in total. The summed E-state index contributed by atoms with van der Waals surface area (Å²) in [5, 5.41) is 36.5. The first-order valence-electron chi connectivity index (χ1n) is 4.84. The van der Waals surface area contributed by atoms with Crippen LogP contribution in [0, 0.1) is 0 Å². The monoisotopic (exact) mass is 330 g/mol. The quantitative estimate of drug-likeness (QED) is 0.317. The van der Waals surface area contributed by atoms with Crippen molar-refractivity contribution in [1.82, 2.24) is 0 Å². The van der Waals surface area contributed by atoms with Gasteiger partial charge in [0.15, 0.2) is 17.1 Å². The Hall–Kier alpha value is -0.580. The number of methoxy groups -OCH3 is 1. The Morgan fingerprint density at radius 1 is 1.11 bits per heavy atom. The summed E-state index contributed by atoms with van der Waals surface area (Å²) in [7, 11) is 1.07. The first-order chi connectivity index (χ1) is 8.22. The number of halogens is 1. The van der Waals surface area contributed by atoms with Gasteiger partial charge >= 0.3 is 5.97 Å². The van der Waals surface area contributed by atoms with E-state index in [9.17, 15) is 19.8 Å². The third-order valence-electron chi connectivity index (χ3n) is 2.02. The first-order valence-corrected chi connectivity index (χ1v) is 5.63. The minimum absolute atomic E-state index is 0.0208. The molecule has 0 aliphatic carbocycles. The van der Waals surface area contributed by atoms with E-state index < -0.39 is 36.7 Å². The fraction of sp³-hybridized carbons (Fsp3) is 0.778. The van der Waals surface area contributed by atoms with Gasteiger partial charge in [-0.25, -0.2) is 4.79 Å². The van der Waals surface area contributed by atoms with Crippen LogP contribution in [0.15, 0.2) is 0 Å². The number of aliphatic hydroxyl groups is 4. The lowest BCUT2D eigenvalue weighted by atomic mass is 9.99. The lowest BCUT2D eigenvalue weighted by Crippen LogP contribution is -2.59. The normalized spacial score (nSPS) is 35.2. The molecule has 0 unspecified atom stereocenters. The summed E-state index contributed by atoms with van der Waals surface area (Å²) in [5.74, 6) is -0.928. The number of carbonyl (C=O) groups excluding carboxylic acids is 2. The van der Waals surface area contributed by atoms with Gasteiger partial charge in [0.05, 0.1) is 7.11 Å². The first kappa shape index (κ1) is 17.4. The fourth-order valence-electron chi connectivity index (χ4n) is 1.17. The summed E-state index contributed by atoms with van der Waals surface area (Å²) < 4.78 is 8.80. The number of rotatable bonds is 1. The van der Waals surface area contributed by atoms with Crippen LogP contribution in [0.2, 0.25) is 0 Å². The average Bonchev–Trinajstić information content (AvgIpc) is 2.29. The SMILES string of the molecule is CC(=O)Br.COC(=O)[C@H]1O[C@H](O)[C@H](O)[C@@H](O)[C@@H]1O. The Kier molecular flexibility index (Phi) is 7.52. The van der Waals surface area contributed by atoms with Crippen molar-refractivity contribution in [3.05, 3.63) is 0 Å². The fourth-order valence-corrected chi connectivity index (χ4v) is 1.17. The molecule has 0 aromatic rings. The Morgan fingerprint density at radius 2 is 1.56 bits per heavy atom. The van der Waals surface area contributed by atoms with E-state index in [0.29, 0.717) is 0 Å². The molecule has 18 heavy (non-hydrogen) atoms. The molecule has 0 bridgehead atoms. The van der Waals surface area contributed by atoms with Crippen molar-refractivity contribution in [3.63, 3.8) is 0 Å². The van der Waals surface area contributed by atoms with E-state index in [1.807, 2.05) is 0 Å². The van der Waals surface area contributed by atoms with Crippen molar-refractivity contribution < 1.29 is 39.5 Å². The van der Waals surface area contributed by atoms with Gasteiger partial charge in [-0.1, -0.05) is 0 Å². The number of hydrogen-bond donors (Lipinski definition) is 4. The zero-order chi connectivity index (χ0) is 14.5. The lowest BCUT2D eigenvalue weighted by molar-refractivity contribution is -0.280. The summed E-state index contributed by atoms with van der Waals surface area (Å²) in [4.78, 5) is 20.3. The molecule has 1 heterocycles. The number of carbonyl (C=O) groups is 2. The highest BCUT2D eigenvalue weighted by atomic mass is 79.9. The van der Waals surface area contributed by atoms with Gasteiger partial charge in [-0.2, -0.15) is 0 Å². The van der Waals surface area contributed by atoms with Crippen molar-refractivity contribution in [2.75, 3.05) is 7.11 Å². The smallest absolute Gasteiger partial charge is 0.337 e. The molecule has 0 aromatic carbocycles. The predicted octanol–water partition coefficient (Wildman–Crippen LogP) is -2.11. The van der Waals surface area contributed by atoms with Gasteiger partial charge in [0.1, 0.15) is 18.3 Å². The molecule has 0 amide bonds. The standard InChI is InChI=1S/C7H12O7.C2H3BrO/c1-13-7(12)5-3(9)2(8)4(10)6(11)14-5;1-2(3)4/h2-6,8-11H,1H3;1H3/t2-,3-,4+,5-,6-;/m0./s1. The second-order valence-corrected chi connectivity index (χ2v) is 4.53. The molecule has 1 fully saturated rings. The van der Waals surface area contributed by atoms with E-state index in [-0.39, 0.29) is 4.69 Å². The average molecular weight is 331 g/mol. The molecule has 0 spiro atoms. The Morgan fingerprint density at radius 3 is 1.94 bits per heavy atom. The van der Waals surface area contributed by atoms with Crippen LogP contribution in [0.25, 0.3) is 0 Å². The van der Waals surface area contributed by atoms with Gasteiger partial charge in [0.25, 0.3) is 0 Å². The maximum Gasteiger partial charge on any atom is 0.337 e. The topological polar surface area (TPSA) is 134 Å². The summed E-state index contributed by atoms with van der Waals surface area (Å²) in [6.07, 6.45) is -8.14. The molecule has 1 aliphatic heterocycles. The van der Waals surface area contributed by atoms with Crippen molar-refractivity contribution in [3.8, 4) is 0 Å². The van der Waals surface area contributed by atoms with E-state index in [4.69, 9.17) is 10.2 Å². The van der Waals surface area contributed by atoms with Crippen LogP contribution in [-0.4, -0.2) is 68.9 Å². The highest BCUT2D eigenvalue weighted by molar-refractivity contribution is 9.18. The summed E-state index contributed by atoms with van der Waals surface area (Å²) in [6, 6.07) is 0. The van der Waals surface area contributed by atoms with E-state index in [0.717, 1.165) is 7.11 Å². The molecule has 0 aromatic heterocycles. The Bertz CT molecular complexity index is 292. The minimum Gasteiger partial charge on any atom is -0.467 e. The van der Waals surface area contributed by atoms with Crippen LogP contribution in [0.5, 0.6) is 0 Å². The van der Waals surface area contributed by atoms with Crippen LogP contribution >= 0.6 is 15.9 Å². The van der Waals surface area contributed by atoms with E-state index >= 15 is 0 Å². The Labute approximate surface area is 111 Å². The molecule has 106 valence electrons. The Balaban J connectivity index is 0.000000631. The zero-order valence-corrected chi connectivity index (χ0v) is 11.3. The van der Waals surface area contributed by atoms with Gasteiger partial charge in [0, 0.05) is 6.92 Å². The van der Waals surface area contributed by atoms with Gasteiger partial charge in [-0.15, -0.1) is 0 Å². The third kappa shape index (κ3) is 4.96. The minimum atomic E-state index is -1.72. The van der Waals surface area contributed by atoms with Crippen LogP contribution in [0.4, 0.5) is 0 Å². The van der Waals surface area contributed by atoms with E-state index in [1.165, 1.54) is 6.92 Å². The largest absolute Gasteiger partial charge is 0.467 e. The maximum atomic E-state index is 11.0. The second kappa shape index (κ2) is 7.77. The van der Waals surface area contributed by atoms with Crippen molar-refractivity contribution in [2.24, 2.45) is 0 Å². The summed E-state index contributed by atoms with van der Waals surface area (Å²) >= 11 is 2.63. The number of esters is 1. The van der Waals surface area contributed by atoms with Gasteiger partial charge in [-0.3, -0.25) is 4.79 Å². The molecule has 5 atom stereocenters. The van der Waals surface area contributed by atoms with Gasteiger partial charge in [0.2, 0.25) is 0 Å².